The number of nitrogens with zero attached hydrogens (tertiary/aromatic N) is 1. The van der Waals surface area contributed by atoms with Crippen LogP contribution in [0.15, 0.2) is 0 Å². The van der Waals surface area contributed by atoms with E-state index in [2.05, 4.69) is 0 Å². The van der Waals surface area contributed by atoms with Gasteiger partial charge in [-0.05, 0) is 0 Å². The van der Waals surface area contributed by atoms with Crippen molar-refractivity contribution in [3.05, 3.63) is 6.17 Å². The standard InChI is InChI=1S/C4F6N/c5-2(1-11)3(6,7)4(8,9)10. The lowest BCUT2D eigenvalue weighted by Crippen LogP contribution is -2.40. The van der Waals surface area contributed by atoms with Crippen LogP contribution in [0.1, 0.15) is 0 Å². The lowest BCUT2D eigenvalue weighted by Gasteiger charge is -2.17. The molecule has 0 aromatic heterocycles. The van der Waals surface area contributed by atoms with Gasteiger partial charge >= 0.3 is 18.3 Å². The number of nitriles is 1. The fourth-order valence-corrected chi connectivity index (χ4v) is 0.195. The Labute approximate surface area is 57.2 Å². The average Bonchev–Trinajstić information content (AvgIpc) is 1.83. The first-order chi connectivity index (χ1) is 4.73. The second-order valence-corrected chi connectivity index (χ2v) is 1.50. The lowest BCUT2D eigenvalue weighted by atomic mass is 10.2. The molecule has 1 nitrogen and oxygen atoms in total. The summed E-state index contributed by atoms with van der Waals surface area (Å²) in [5.41, 5.74) is 0. The molecule has 0 aliphatic rings. The molecule has 0 aliphatic carbocycles. The van der Waals surface area contributed by atoms with Crippen molar-refractivity contribution in [1.82, 2.24) is 0 Å². The molecular formula is C4F6N. The van der Waals surface area contributed by atoms with Gasteiger partial charge < -0.3 is 0 Å². The monoisotopic (exact) mass is 176 g/mol. The highest BCUT2D eigenvalue weighted by atomic mass is 19.4. The molecule has 0 aliphatic heterocycles. The van der Waals surface area contributed by atoms with Crippen molar-refractivity contribution < 1.29 is 26.3 Å². The summed E-state index contributed by atoms with van der Waals surface area (Å²) in [6.07, 6.45) is -9.10. The van der Waals surface area contributed by atoms with Crippen LogP contribution in [0.4, 0.5) is 26.3 Å². The van der Waals surface area contributed by atoms with Gasteiger partial charge in [-0.3, -0.25) is 0 Å². The summed E-state index contributed by atoms with van der Waals surface area (Å²) in [6.45, 7) is 0. The Bertz CT molecular complexity index is 176. The van der Waals surface area contributed by atoms with Crippen molar-refractivity contribution in [2.45, 2.75) is 12.1 Å². The summed E-state index contributed by atoms with van der Waals surface area (Å²) in [5.74, 6) is -5.66. The number of hydrogen-bond donors (Lipinski definition) is 0. The van der Waals surface area contributed by atoms with Crippen molar-refractivity contribution in [3.8, 4) is 6.07 Å². The van der Waals surface area contributed by atoms with Crippen molar-refractivity contribution in [3.63, 3.8) is 0 Å². The number of hydrogen-bond acceptors (Lipinski definition) is 1. The molecule has 0 unspecified atom stereocenters. The maximum atomic E-state index is 11.6. The number of alkyl halides is 5. The minimum absolute atomic E-state index is 0.0917. The van der Waals surface area contributed by atoms with E-state index in [0.29, 0.717) is 0 Å². The van der Waals surface area contributed by atoms with Crippen LogP contribution < -0.4 is 0 Å². The molecule has 11 heavy (non-hydrogen) atoms. The Morgan fingerprint density at radius 2 is 1.45 bits per heavy atom. The zero-order chi connectivity index (χ0) is 9.28. The van der Waals surface area contributed by atoms with E-state index in [1.165, 1.54) is 0 Å². The van der Waals surface area contributed by atoms with Crippen molar-refractivity contribution >= 4 is 0 Å². The molecule has 1 radical (unpaired) electrons. The zero-order valence-corrected chi connectivity index (χ0v) is 4.72. The molecule has 0 amide bonds. The van der Waals surface area contributed by atoms with Gasteiger partial charge in [0.2, 0.25) is 0 Å². The van der Waals surface area contributed by atoms with Crippen LogP contribution in [0.3, 0.4) is 0 Å². The molecule has 0 atom stereocenters. The van der Waals surface area contributed by atoms with Gasteiger partial charge in [-0.25, -0.2) is 4.39 Å². The quantitative estimate of drug-likeness (QED) is 0.562. The summed E-state index contributed by atoms with van der Waals surface area (Å²) >= 11 is 0. The molecule has 0 N–H and O–H groups in total. The van der Waals surface area contributed by atoms with Crippen LogP contribution in [0.5, 0.6) is 0 Å². The van der Waals surface area contributed by atoms with Crippen LogP contribution >= 0.6 is 0 Å². The molecule has 0 spiro atoms. The fraction of sp³-hybridized carbons (Fsp3) is 0.500. The first-order valence-electron chi connectivity index (χ1n) is 2.11. The third-order valence-electron chi connectivity index (χ3n) is 0.730. The van der Waals surface area contributed by atoms with Gasteiger partial charge in [0.1, 0.15) is 6.07 Å². The van der Waals surface area contributed by atoms with Crippen molar-refractivity contribution in [2.75, 3.05) is 0 Å². The van der Waals surface area contributed by atoms with E-state index >= 15 is 0 Å². The molecular weight excluding hydrogens is 176 g/mol. The smallest absolute Gasteiger partial charge is 0.215 e. The summed E-state index contributed by atoms with van der Waals surface area (Å²) in [4.78, 5) is 0. The maximum absolute atomic E-state index is 11.6. The fourth-order valence-electron chi connectivity index (χ4n) is 0.195. The maximum Gasteiger partial charge on any atom is 0.458 e. The minimum Gasteiger partial charge on any atom is -0.215 e. The molecule has 7 heteroatoms. The van der Waals surface area contributed by atoms with Crippen molar-refractivity contribution in [2.24, 2.45) is 0 Å². The van der Waals surface area contributed by atoms with E-state index < -0.39 is 18.3 Å². The SMILES string of the molecule is N#C[C](F)C(F)(F)C(F)(F)F. The highest BCUT2D eigenvalue weighted by Crippen LogP contribution is 2.42. The zero-order valence-electron chi connectivity index (χ0n) is 4.72. The minimum atomic E-state index is -6.05. The highest BCUT2D eigenvalue weighted by molar-refractivity contribution is 5.14. The predicted octanol–water partition coefficient (Wildman–Crippen LogP) is 2.21. The third kappa shape index (κ3) is 1.76. The molecule has 63 valence electrons. The van der Waals surface area contributed by atoms with E-state index in [-0.39, 0.29) is 6.07 Å². The van der Waals surface area contributed by atoms with Crippen LogP contribution in [0.2, 0.25) is 0 Å². The molecule has 0 rings (SSSR count). The number of rotatable bonds is 1. The van der Waals surface area contributed by atoms with Gasteiger partial charge in [-0.2, -0.15) is 27.2 Å². The number of halogens is 6. The molecule has 0 aromatic rings. The molecule has 0 saturated heterocycles. The van der Waals surface area contributed by atoms with E-state index in [9.17, 15) is 26.3 Å². The Hall–Kier alpha value is -0.930. The molecule has 0 saturated carbocycles. The summed E-state index contributed by atoms with van der Waals surface area (Å²) in [5, 5.41) is 7.39. The van der Waals surface area contributed by atoms with Crippen LogP contribution in [0, 0.1) is 17.5 Å². The lowest BCUT2D eigenvalue weighted by molar-refractivity contribution is -0.279. The van der Waals surface area contributed by atoms with Gasteiger partial charge in [-0.1, -0.05) is 0 Å². The first kappa shape index (κ1) is 10.1. The van der Waals surface area contributed by atoms with Gasteiger partial charge in [0, 0.05) is 0 Å². The first-order valence-corrected chi connectivity index (χ1v) is 2.11. The topological polar surface area (TPSA) is 23.8 Å². The second-order valence-electron chi connectivity index (χ2n) is 1.50. The Morgan fingerprint density at radius 1 is 1.09 bits per heavy atom. The van der Waals surface area contributed by atoms with Gasteiger partial charge in [0.15, 0.2) is 0 Å². The Morgan fingerprint density at radius 3 is 1.55 bits per heavy atom. The predicted molar refractivity (Wildman–Crippen MR) is 21.0 cm³/mol. The van der Waals surface area contributed by atoms with Crippen LogP contribution in [0.25, 0.3) is 0 Å². The van der Waals surface area contributed by atoms with Gasteiger partial charge in [-0.15, -0.1) is 0 Å². The molecule has 0 aromatic carbocycles. The van der Waals surface area contributed by atoms with E-state index in [4.69, 9.17) is 5.26 Å². The molecule has 0 fully saturated rings. The summed E-state index contributed by atoms with van der Waals surface area (Å²) in [7, 11) is 0. The van der Waals surface area contributed by atoms with Crippen molar-refractivity contribution in [1.29, 1.82) is 5.26 Å². The van der Waals surface area contributed by atoms with E-state index in [1.54, 1.807) is 0 Å². The third-order valence-corrected chi connectivity index (χ3v) is 0.730. The van der Waals surface area contributed by atoms with Crippen LogP contribution in [-0.2, 0) is 0 Å². The largest absolute Gasteiger partial charge is 0.458 e. The molecule has 0 bridgehead atoms. The normalized spacial score (nSPS) is 13.3. The van der Waals surface area contributed by atoms with Gasteiger partial charge in [0.05, 0.1) is 0 Å². The van der Waals surface area contributed by atoms with E-state index in [0.717, 1.165) is 0 Å². The van der Waals surface area contributed by atoms with Crippen LogP contribution in [-0.4, -0.2) is 12.1 Å². The highest BCUT2D eigenvalue weighted by Gasteiger charge is 2.64. The summed E-state index contributed by atoms with van der Waals surface area (Å²) < 4.78 is 67.9. The van der Waals surface area contributed by atoms with Gasteiger partial charge in [0.25, 0.3) is 0 Å². The average molecular weight is 176 g/mol. The Balaban J connectivity index is 4.62. The van der Waals surface area contributed by atoms with E-state index in [1.807, 2.05) is 0 Å². The Kier molecular flexibility index (Phi) is 2.38. The second kappa shape index (κ2) is 2.60. The molecule has 0 heterocycles. The summed E-state index contributed by atoms with van der Waals surface area (Å²) in [6, 6.07) is 0.0917.